The number of carbonyl (C=O) groups excluding carboxylic acids is 1. The summed E-state index contributed by atoms with van der Waals surface area (Å²) in [6, 6.07) is 2.24. The van der Waals surface area contributed by atoms with Crippen LogP contribution in [0.5, 0.6) is 0 Å². The summed E-state index contributed by atoms with van der Waals surface area (Å²) in [5.74, 6) is 1.54. The summed E-state index contributed by atoms with van der Waals surface area (Å²) in [7, 11) is 3.69. The van der Waals surface area contributed by atoms with Crippen molar-refractivity contribution in [3.05, 3.63) is 22.4 Å². The maximum atomic E-state index is 12.3. The summed E-state index contributed by atoms with van der Waals surface area (Å²) in [6.07, 6.45) is 3.10. The Balaban J connectivity index is 1.75. The molecule has 7 heteroatoms. The number of likely N-dealkylation sites (tertiary alicyclic amines) is 1. The van der Waals surface area contributed by atoms with Crippen LogP contribution in [0.25, 0.3) is 0 Å². The van der Waals surface area contributed by atoms with Gasteiger partial charge in [0, 0.05) is 46.2 Å². The van der Waals surface area contributed by atoms with Crippen LogP contribution in [0, 0.1) is 0 Å². The maximum Gasteiger partial charge on any atom is 0.239 e. The van der Waals surface area contributed by atoms with E-state index in [-0.39, 0.29) is 11.9 Å². The molecule has 0 aromatic carbocycles. The quantitative estimate of drug-likeness (QED) is 0.384. The van der Waals surface area contributed by atoms with Gasteiger partial charge in [-0.05, 0) is 55.1 Å². The van der Waals surface area contributed by atoms with Crippen molar-refractivity contribution in [2.75, 3.05) is 46.8 Å². The van der Waals surface area contributed by atoms with Gasteiger partial charge in [-0.3, -0.25) is 14.7 Å². The Bertz CT molecular complexity index is 587. The molecule has 2 heterocycles. The zero-order valence-corrected chi connectivity index (χ0v) is 18.0. The van der Waals surface area contributed by atoms with Gasteiger partial charge in [-0.15, -0.1) is 0 Å². The molecule has 2 N–H and O–H groups in total. The maximum absolute atomic E-state index is 12.3. The number of nitrogens with one attached hydrogen (secondary N) is 2. The highest BCUT2D eigenvalue weighted by Crippen LogP contribution is 2.19. The molecule has 1 saturated heterocycles. The monoisotopic (exact) mass is 393 g/mol. The second-order valence-corrected chi connectivity index (χ2v) is 8.16. The number of thiophene rings is 1. The van der Waals surface area contributed by atoms with E-state index in [2.05, 4.69) is 46.2 Å². The van der Waals surface area contributed by atoms with Gasteiger partial charge >= 0.3 is 0 Å². The standard InChI is InChI=1S/C20H35N5OS/c1-5-21-20(23-14-16(2)17-9-13-27-15-17)22-10-7-12-25-11-6-8-18(25)19(26)24(3)4/h9,13,15-16,18H,5-8,10-12,14H2,1-4H3,(H2,21,22,23). The second kappa shape index (κ2) is 11.3. The van der Waals surface area contributed by atoms with E-state index in [1.54, 1.807) is 16.2 Å². The Morgan fingerprint density at radius 2 is 2.26 bits per heavy atom. The van der Waals surface area contributed by atoms with Crippen LogP contribution in [-0.4, -0.2) is 74.5 Å². The zero-order chi connectivity index (χ0) is 19.6. The van der Waals surface area contributed by atoms with E-state index in [1.165, 1.54) is 5.56 Å². The zero-order valence-electron chi connectivity index (χ0n) is 17.2. The summed E-state index contributed by atoms with van der Waals surface area (Å²) in [6.45, 7) is 8.75. The van der Waals surface area contributed by atoms with E-state index in [0.717, 1.165) is 57.9 Å². The number of aliphatic imine (C=N–C) groups is 1. The SMILES string of the molecule is CCNC(=NCC(C)c1ccsc1)NCCCN1CCCC1C(=O)N(C)C. The van der Waals surface area contributed by atoms with E-state index < -0.39 is 0 Å². The normalized spacial score (nSPS) is 19.1. The lowest BCUT2D eigenvalue weighted by molar-refractivity contribution is -0.133. The minimum absolute atomic E-state index is 0.0633. The molecule has 6 nitrogen and oxygen atoms in total. The predicted octanol–water partition coefficient (Wildman–Crippen LogP) is 2.35. The Hall–Kier alpha value is -1.60. The second-order valence-electron chi connectivity index (χ2n) is 7.38. The van der Waals surface area contributed by atoms with Gasteiger partial charge in [-0.1, -0.05) is 6.92 Å². The van der Waals surface area contributed by atoms with Crippen molar-refractivity contribution in [3.8, 4) is 0 Å². The lowest BCUT2D eigenvalue weighted by Gasteiger charge is -2.26. The van der Waals surface area contributed by atoms with E-state index in [1.807, 2.05) is 14.1 Å². The van der Waals surface area contributed by atoms with Crippen molar-refractivity contribution in [1.82, 2.24) is 20.4 Å². The van der Waals surface area contributed by atoms with Crippen LogP contribution < -0.4 is 10.6 Å². The molecular weight excluding hydrogens is 358 g/mol. The molecule has 1 aliphatic rings. The van der Waals surface area contributed by atoms with Crippen LogP contribution in [0.1, 0.15) is 44.6 Å². The minimum Gasteiger partial charge on any atom is -0.357 e. The van der Waals surface area contributed by atoms with Crippen LogP contribution >= 0.6 is 11.3 Å². The molecule has 1 fully saturated rings. The van der Waals surface area contributed by atoms with Gasteiger partial charge in [-0.2, -0.15) is 11.3 Å². The fraction of sp³-hybridized carbons (Fsp3) is 0.700. The van der Waals surface area contributed by atoms with Crippen molar-refractivity contribution in [1.29, 1.82) is 0 Å². The van der Waals surface area contributed by atoms with E-state index >= 15 is 0 Å². The number of carbonyl (C=O) groups is 1. The van der Waals surface area contributed by atoms with Crippen molar-refractivity contribution < 1.29 is 4.79 Å². The van der Waals surface area contributed by atoms with Gasteiger partial charge in [0.15, 0.2) is 5.96 Å². The number of hydrogen-bond acceptors (Lipinski definition) is 4. The first-order chi connectivity index (χ1) is 13.0. The Kier molecular flexibility index (Phi) is 9.07. The molecule has 1 aromatic rings. The molecule has 0 radical (unpaired) electrons. The molecule has 152 valence electrons. The number of amides is 1. The van der Waals surface area contributed by atoms with Gasteiger partial charge < -0.3 is 15.5 Å². The van der Waals surface area contributed by atoms with Crippen LogP contribution in [0.4, 0.5) is 0 Å². The van der Waals surface area contributed by atoms with Crippen molar-refractivity contribution >= 4 is 23.2 Å². The molecule has 2 atom stereocenters. The average Bonchev–Trinajstić information content (AvgIpc) is 3.33. The molecule has 0 saturated carbocycles. The molecule has 1 aliphatic heterocycles. The topological polar surface area (TPSA) is 60.0 Å². The minimum atomic E-state index is 0.0633. The number of hydrogen-bond donors (Lipinski definition) is 2. The third kappa shape index (κ3) is 6.81. The largest absolute Gasteiger partial charge is 0.357 e. The lowest BCUT2D eigenvalue weighted by atomic mass is 10.1. The Labute approximate surface area is 168 Å². The predicted molar refractivity (Wildman–Crippen MR) is 115 cm³/mol. The molecule has 1 amide bonds. The van der Waals surface area contributed by atoms with Gasteiger partial charge in [-0.25, -0.2) is 0 Å². The smallest absolute Gasteiger partial charge is 0.239 e. The number of guanidine groups is 1. The number of likely N-dealkylation sites (N-methyl/N-ethyl adjacent to an activating group) is 1. The molecule has 2 unspecified atom stereocenters. The van der Waals surface area contributed by atoms with Gasteiger partial charge in [0.25, 0.3) is 0 Å². The van der Waals surface area contributed by atoms with Crippen LogP contribution in [0.3, 0.4) is 0 Å². The fourth-order valence-corrected chi connectivity index (χ4v) is 4.17. The van der Waals surface area contributed by atoms with Crippen molar-refractivity contribution in [3.63, 3.8) is 0 Å². The van der Waals surface area contributed by atoms with Gasteiger partial charge in [0.2, 0.25) is 5.91 Å². The lowest BCUT2D eigenvalue weighted by Crippen LogP contribution is -2.44. The highest BCUT2D eigenvalue weighted by atomic mass is 32.1. The molecule has 0 aliphatic carbocycles. The van der Waals surface area contributed by atoms with Crippen molar-refractivity contribution in [2.45, 2.75) is 45.1 Å². The van der Waals surface area contributed by atoms with Crippen LogP contribution in [0.15, 0.2) is 21.8 Å². The Morgan fingerprint density at radius 1 is 1.44 bits per heavy atom. The Morgan fingerprint density at radius 3 is 2.93 bits per heavy atom. The van der Waals surface area contributed by atoms with Gasteiger partial charge in [0.1, 0.15) is 0 Å². The molecule has 0 bridgehead atoms. The number of rotatable bonds is 9. The third-order valence-corrected chi connectivity index (χ3v) is 5.69. The van der Waals surface area contributed by atoms with Crippen LogP contribution in [0.2, 0.25) is 0 Å². The average molecular weight is 394 g/mol. The summed E-state index contributed by atoms with van der Waals surface area (Å²) < 4.78 is 0. The summed E-state index contributed by atoms with van der Waals surface area (Å²) in [4.78, 5) is 21.0. The van der Waals surface area contributed by atoms with Crippen LogP contribution in [-0.2, 0) is 4.79 Å². The molecular formula is C20H35N5OS. The van der Waals surface area contributed by atoms with E-state index in [0.29, 0.717) is 5.92 Å². The fourth-order valence-electron chi connectivity index (χ4n) is 3.39. The summed E-state index contributed by atoms with van der Waals surface area (Å²) in [5, 5.41) is 11.1. The molecule has 1 aromatic heterocycles. The highest BCUT2D eigenvalue weighted by Gasteiger charge is 2.30. The highest BCUT2D eigenvalue weighted by molar-refractivity contribution is 7.07. The molecule has 2 rings (SSSR count). The third-order valence-electron chi connectivity index (χ3n) is 4.98. The van der Waals surface area contributed by atoms with Gasteiger partial charge in [0.05, 0.1) is 6.04 Å². The van der Waals surface area contributed by atoms with Crippen molar-refractivity contribution in [2.24, 2.45) is 4.99 Å². The number of nitrogens with zero attached hydrogens (tertiary/aromatic N) is 3. The van der Waals surface area contributed by atoms with E-state index in [4.69, 9.17) is 4.99 Å². The molecule has 0 spiro atoms. The first-order valence-corrected chi connectivity index (χ1v) is 11.0. The first-order valence-electron chi connectivity index (χ1n) is 10.0. The van der Waals surface area contributed by atoms with E-state index in [9.17, 15) is 4.79 Å². The summed E-state index contributed by atoms with van der Waals surface area (Å²) in [5.41, 5.74) is 1.35. The first kappa shape index (κ1) is 21.7. The summed E-state index contributed by atoms with van der Waals surface area (Å²) >= 11 is 1.73. The molecule has 27 heavy (non-hydrogen) atoms.